The summed E-state index contributed by atoms with van der Waals surface area (Å²) in [5, 5.41) is 10.8. The molecule has 7 nitrogen and oxygen atoms in total. The maximum Gasteiger partial charge on any atom is 0.255 e. The number of para-hydroxylation sites is 1. The Morgan fingerprint density at radius 3 is 2.48 bits per heavy atom. The Morgan fingerprint density at radius 2 is 1.79 bits per heavy atom. The van der Waals surface area contributed by atoms with Gasteiger partial charge in [0.05, 0.1) is 25.5 Å². The number of likely N-dealkylation sites (N-methyl/N-ethyl adjacent to an activating group) is 1. The molecular formula is C22H26N4O3. The van der Waals surface area contributed by atoms with Gasteiger partial charge in [-0.3, -0.25) is 4.79 Å². The molecule has 0 radical (unpaired) electrons. The minimum absolute atomic E-state index is 0.171. The van der Waals surface area contributed by atoms with E-state index in [1.165, 1.54) is 0 Å². The highest BCUT2D eigenvalue weighted by Crippen LogP contribution is 2.33. The van der Waals surface area contributed by atoms with Crippen LogP contribution in [0.1, 0.15) is 17.3 Å². The molecule has 0 aliphatic rings. The summed E-state index contributed by atoms with van der Waals surface area (Å²) < 4.78 is 12.4. The normalized spacial score (nSPS) is 10.6. The predicted molar refractivity (Wildman–Crippen MR) is 113 cm³/mol. The van der Waals surface area contributed by atoms with Gasteiger partial charge >= 0.3 is 0 Å². The van der Waals surface area contributed by atoms with Gasteiger partial charge in [0.25, 0.3) is 5.91 Å². The van der Waals surface area contributed by atoms with E-state index in [9.17, 15) is 4.79 Å². The van der Waals surface area contributed by atoms with Gasteiger partial charge in [-0.05, 0) is 36.9 Å². The number of aromatic nitrogens is 2. The fraction of sp³-hybridized carbons (Fsp3) is 0.273. The van der Waals surface area contributed by atoms with Gasteiger partial charge in [-0.1, -0.05) is 25.1 Å². The maximum atomic E-state index is 12.9. The van der Waals surface area contributed by atoms with E-state index in [0.717, 1.165) is 17.8 Å². The third-order valence-corrected chi connectivity index (χ3v) is 4.47. The minimum atomic E-state index is -0.171. The first-order chi connectivity index (χ1) is 14.2. The van der Waals surface area contributed by atoms with Crippen LogP contribution in [0.5, 0.6) is 11.5 Å². The fourth-order valence-corrected chi connectivity index (χ4v) is 2.99. The molecule has 0 atom stereocenters. The lowest BCUT2D eigenvalue weighted by molar-refractivity contribution is 0.0954. The zero-order valence-electron chi connectivity index (χ0n) is 16.9. The van der Waals surface area contributed by atoms with Crippen LogP contribution in [0.25, 0.3) is 16.9 Å². The van der Waals surface area contributed by atoms with Gasteiger partial charge in [0.1, 0.15) is 5.69 Å². The van der Waals surface area contributed by atoms with Crippen molar-refractivity contribution in [2.24, 2.45) is 0 Å². The summed E-state index contributed by atoms with van der Waals surface area (Å²) in [6.45, 7) is 4.13. The molecule has 0 aliphatic heterocycles. The van der Waals surface area contributed by atoms with Crippen molar-refractivity contribution in [3.63, 3.8) is 0 Å². The van der Waals surface area contributed by atoms with Crippen LogP contribution in [0.3, 0.4) is 0 Å². The van der Waals surface area contributed by atoms with E-state index in [2.05, 4.69) is 10.6 Å². The van der Waals surface area contributed by atoms with E-state index >= 15 is 0 Å². The fourth-order valence-electron chi connectivity index (χ4n) is 2.99. The number of ether oxygens (including phenoxy) is 2. The predicted octanol–water partition coefficient (Wildman–Crippen LogP) is 2.90. The number of hydrogen-bond donors (Lipinski definition) is 2. The quantitative estimate of drug-likeness (QED) is 0.546. The minimum Gasteiger partial charge on any atom is -0.493 e. The van der Waals surface area contributed by atoms with Crippen LogP contribution in [-0.4, -0.2) is 49.5 Å². The van der Waals surface area contributed by atoms with Crippen LogP contribution < -0.4 is 20.1 Å². The summed E-state index contributed by atoms with van der Waals surface area (Å²) in [5.74, 6) is 1.03. The van der Waals surface area contributed by atoms with E-state index in [1.54, 1.807) is 25.1 Å². The molecule has 0 aliphatic carbocycles. The zero-order valence-corrected chi connectivity index (χ0v) is 16.9. The second kappa shape index (κ2) is 9.75. The van der Waals surface area contributed by atoms with Crippen LogP contribution >= 0.6 is 0 Å². The standard InChI is InChI=1S/C22H26N4O3/c1-4-23-12-13-24-22(27)18-15-26(17-8-6-5-7-9-17)25-21(18)16-10-11-19(28-2)20(14-16)29-3/h5-11,14-15,23H,4,12-13H2,1-3H3,(H,24,27). The number of hydrogen-bond acceptors (Lipinski definition) is 5. The molecule has 1 amide bonds. The molecule has 1 aromatic heterocycles. The number of methoxy groups -OCH3 is 2. The Balaban J connectivity index is 2.00. The second-order valence-corrected chi connectivity index (χ2v) is 6.35. The molecule has 152 valence electrons. The zero-order chi connectivity index (χ0) is 20.6. The molecule has 3 rings (SSSR count). The lowest BCUT2D eigenvalue weighted by atomic mass is 10.1. The van der Waals surface area contributed by atoms with Gasteiger partial charge in [0.2, 0.25) is 0 Å². The van der Waals surface area contributed by atoms with Gasteiger partial charge in [-0.15, -0.1) is 0 Å². The molecule has 7 heteroatoms. The summed E-state index contributed by atoms with van der Waals surface area (Å²) >= 11 is 0. The number of carbonyl (C=O) groups excluding carboxylic acids is 1. The first-order valence-corrected chi connectivity index (χ1v) is 9.54. The molecular weight excluding hydrogens is 368 g/mol. The average Bonchev–Trinajstić information content (AvgIpc) is 3.22. The Hall–Kier alpha value is -3.32. The maximum absolute atomic E-state index is 12.9. The molecule has 2 aromatic carbocycles. The van der Waals surface area contributed by atoms with Gasteiger partial charge in [-0.25, -0.2) is 4.68 Å². The molecule has 29 heavy (non-hydrogen) atoms. The second-order valence-electron chi connectivity index (χ2n) is 6.35. The topological polar surface area (TPSA) is 77.4 Å². The van der Waals surface area contributed by atoms with Gasteiger partial charge in [0.15, 0.2) is 11.5 Å². The van der Waals surface area contributed by atoms with Crippen molar-refractivity contribution in [2.75, 3.05) is 33.9 Å². The van der Waals surface area contributed by atoms with Crippen molar-refractivity contribution in [3.8, 4) is 28.4 Å². The lowest BCUT2D eigenvalue weighted by Gasteiger charge is -2.10. The van der Waals surface area contributed by atoms with Crippen molar-refractivity contribution in [3.05, 3.63) is 60.3 Å². The Bertz CT molecular complexity index is 954. The highest BCUT2D eigenvalue weighted by atomic mass is 16.5. The third-order valence-electron chi connectivity index (χ3n) is 4.47. The van der Waals surface area contributed by atoms with E-state index in [1.807, 2.05) is 55.5 Å². The van der Waals surface area contributed by atoms with Crippen molar-refractivity contribution in [1.29, 1.82) is 0 Å². The molecule has 2 N–H and O–H groups in total. The van der Waals surface area contributed by atoms with E-state index in [0.29, 0.717) is 35.8 Å². The van der Waals surface area contributed by atoms with E-state index in [-0.39, 0.29) is 5.91 Å². The SMILES string of the molecule is CCNCCNC(=O)c1cn(-c2ccccc2)nc1-c1ccc(OC)c(OC)c1. The smallest absolute Gasteiger partial charge is 0.255 e. The van der Waals surface area contributed by atoms with Crippen LogP contribution in [-0.2, 0) is 0 Å². The molecule has 0 saturated heterocycles. The number of carbonyl (C=O) groups is 1. The Morgan fingerprint density at radius 1 is 1.03 bits per heavy atom. The third kappa shape index (κ3) is 4.75. The van der Waals surface area contributed by atoms with E-state index < -0.39 is 0 Å². The summed E-state index contributed by atoms with van der Waals surface area (Å²) in [7, 11) is 3.17. The molecule has 1 heterocycles. The Labute approximate surface area is 170 Å². The highest BCUT2D eigenvalue weighted by molar-refractivity contribution is 6.00. The largest absolute Gasteiger partial charge is 0.493 e. The van der Waals surface area contributed by atoms with Crippen molar-refractivity contribution in [1.82, 2.24) is 20.4 Å². The van der Waals surface area contributed by atoms with E-state index in [4.69, 9.17) is 14.6 Å². The average molecular weight is 394 g/mol. The summed E-state index contributed by atoms with van der Waals surface area (Å²) in [5.41, 5.74) is 2.73. The lowest BCUT2D eigenvalue weighted by Crippen LogP contribution is -2.31. The molecule has 0 unspecified atom stereocenters. The Kier molecular flexibility index (Phi) is 6.86. The van der Waals surface area contributed by atoms with Crippen molar-refractivity contribution >= 4 is 5.91 Å². The van der Waals surface area contributed by atoms with Crippen molar-refractivity contribution < 1.29 is 14.3 Å². The van der Waals surface area contributed by atoms with Crippen LogP contribution in [0, 0.1) is 0 Å². The molecule has 3 aromatic rings. The summed E-state index contributed by atoms with van der Waals surface area (Å²) in [4.78, 5) is 12.9. The number of amides is 1. The number of nitrogens with zero attached hydrogens (tertiary/aromatic N) is 2. The summed E-state index contributed by atoms with van der Waals surface area (Å²) in [6, 6.07) is 15.2. The summed E-state index contributed by atoms with van der Waals surface area (Å²) in [6.07, 6.45) is 1.75. The van der Waals surface area contributed by atoms with Crippen molar-refractivity contribution in [2.45, 2.75) is 6.92 Å². The molecule has 0 bridgehead atoms. The van der Waals surface area contributed by atoms with Gasteiger partial charge < -0.3 is 20.1 Å². The molecule has 0 spiro atoms. The highest BCUT2D eigenvalue weighted by Gasteiger charge is 2.19. The molecule has 0 fully saturated rings. The first kappa shape index (κ1) is 20.4. The monoisotopic (exact) mass is 394 g/mol. The molecule has 0 saturated carbocycles. The van der Waals surface area contributed by atoms with Gasteiger partial charge in [-0.2, -0.15) is 5.10 Å². The number of nitrogens with one attached hydrogen (secondary N) is 2. The van der Waals surface area contributed by atoms with Gasteiger partial charge in [0, 0.05) is 24.8 Å². The first-order valence-electron chi connectivity index (χ1n) is 9.54. The van der Waals surface area contributed by atoms with Crippen LogP contribution in [0.15, 0.2) is 54.7 Å². The number of rotatable bonds is 9. The number of benzene rings is 2. The van der Waals surface area contributed by atoms with Crippen LogP contribution in [0.4, 0.5) is 0 Å². The van der Waals surface area contributed by atoms with Crippen LogP contribution in [0.2, 0.25) is 0 Å².